The molecule has 2 aromatic heterocycles. The smallest absolute Gasteiger partial charge is 0.269 e. The maximum atomic E-state index is 14.1. The molecule has 2 heterocycles. The number of fused-ring (bicyclic) bond motifs is 1. The Morgan fingerprint density at radius 1 is 0.938 bits per heavy atom. The van der Waals surface area contributed by atoms with Gasteiger partial charge in [-0.25, -0.2) is 14.1 Å². The number of nitrogens with zero attached hydrogens (tertiary/aromatic N) is 4. The van der Waals surface area contributed by atoms with Crippen LogP contribution in [0.15, 0.2) is 83.8 Å². The van der Waals surface area contributed by atoms with Crippen LogP contribution in [0.5, 0.6) is 5.75 Å². The van der Waals surface area contributed by atoms with Gasteiger partial charge in [-0.15, -0.1) is 0 Å². The van der Waals surface area contributed by atoms with Crippen LogP contribution in [-0.2, 0) is 0 Å². The summed E-state index contributed by atoms with van der Waals surface area (Å²) in [5.74, 6) is 0.571. The van der Waals surface area contributed by atoms with Gasteiger partial charge in [0.15, 0.2) is 5.65 Å². The van der Waals surface area contributed by atoms with Gasteiger partial charge in [0.05, 0.1) is 24.7 Å². The number of benzene rings is 3. The highest BCUT2D eigenvalue weighted by Gasteiger charge is 2.19. The first-order chi connectivity index (χ1) is 15.5. The van der Waals surface area contributed by atoms with Gasteiger partial charge < -0.3 is 4.74 Å². The van der Waals surface area contributed by atoms with Crippen LogP contribution in [-0.4, -0.2) is 26.4 Å². The monoisotopic (exact) mass is 426 g/mol. The maximum Gasteiger partial charge on any atom is 0.269 e. The van der Waals surface area contributed by atoms with E-state index >= 15 is 0 Å². The van der Waals surface area contributed by atoms with Crippen LogP contribution in [0.3, 0.4) is 0 Å². The lowest BCUT2D eigenvalue weighted by molar-refractivity contribution is 0.414. The lowest BCUT2D eigenvalue weighted by Gasteiger charge is -2.14. The molecule has 0 radical (unpaired) electrons. The minimum Gasteiger partial charge on any atom is -0.497 e. The third-order valence-corrected chi connectivity index (χ3v) is 5.29. The molecule has 5 rings (SSSR count). The Hall–Kier alpha value is -4.26. The SMILES string of the molecule is COc1ccc(-n2c(-c3cccc(F)c3)nc3c(cnn3-c3ccc(C)cc3)c2=O)cc1. The summed E-state index contributed by atoms with van der Waals surface area (Å²) < 4.78 is 22.4. The lowest BCUT2D eigenvalue weighted by atomic mass is 10.2. The van der Waals surface area contributed by atoms with Crippen molar-refractivity contribution in [1.82, 2.24) is 19.3 Å². The Balaban J connectivity index is 1.82. The number of rotatable bonds is 4. The van der Waals surface area contributed by atoms with E-state index in [1.54, 1.807) is 48.2 Å². The van der Waals surface area contributed by atoms with E-state index in [2.05, 4.69) is 5.10 Å². The van der Waals surface area contributed by atoms with Gasteiger partial charge >= 0.3 is 0 Å². The van der Waals surface area contributed by atoms with Crippen molar-refractivity contribution < 1.29 is 9.13 Å². The molecule has 0 aliphatic carbocycles. The van der Waals surface area contributed by atoms with Crippen molar-refractivity contribution in [2.24, 2.45) is 0 Å². The zero-order valence-electron chi connectivity index (χ0n) is 17.5. The summed E-state index contributed by atoms with van der Waals surface area (Å²) >= 11 is 0. The predicted octanol–water partition coefficient (Wildman–Crippen LogP) is 4.69. The van der Waals surface area contributed by atoms with E-state index in [-0.39, 0.29) is 5.56 Å². The van der Waals surface area contributed by atoms with Crippen LogP contribution >= 0.6 is 0 Å². The summed E-state index contributed by atoms with van der Waals surface area (Å²) in [5, 5.41) is 4.78. The van der Waals surface area contributed by atoms with Crippen LogP contribution in [0.2, 0.25) is 0 Å². The molecule has 0 N–H and O–H groups in total. The second-order valence-electron chi connectivity index (χ2n) is 7.41. The highest BCUT2D eigenvalue weighted by atomic mass is 19.1. The number of aryl methyl sites for hydroxylation is 1. The van der Waals surface area contributed by atoms with Crippen molar-refractivity contribution in [2.45, 2.75) is 6.92 Å². The summed E-state index contributed by atoms with van der Waals surface area (Å²) in [4.78, 5) is 18.4. The van der Waals surface area contributed by atoms with Gasteiger partial charge in [0.25, 0.3) is 5.56 Å². The van der Waals surface area contributed by atoms with Gasteiger partial charge in [0, 0.05) is 5.56 Å². The van der Waals surface area contributed by atoms with Crippen molar-refractivity contribution >= 4 is 11.0 Å². The third-order valence-electron chi connectivity index (χ3n) is 5.29. The average Bonchev–Trinajstić information content (AvgIpc) is 3.24. The Kier molecular flexibility index (Phi) is 4.78. The fourth-order valence-corrected chi connectivity index (χ4v) is 3.63. The zero-order valence-corrected chi connectivity index (χ0v) is 17.5. The quantitative estimate of drug-likeness (QED) is 0.418. The Morgan fingerprint density at radius 2 is 1.66 bits per heavy atom. The van der Waals surface area contributed by atoms with Gasteiger partial charge in [-0.1, -0.05) is 29.8 Å². The molecule has 0 aliphatic rings. The lowest BCUT2D eigenvalue weighted by Crippen LogP contribution is -2.22. The number of hydrogen-bond donors (Lipinski definition) is 0. The minimum atomic E-state index is -0.412. The van der Waals surface area contributed by atoms with Crippen molar-refractivity contribution in [3.8, 4) is 28.5 Å². The van der Waals surface area contributed by atoms with Crippen LogP contribution < -0.4 is 10.3 Å². The molecule has 0 bridgehead atoms. The Bertz CT molecular complexity index is 1490. The molecule has 158 valence electrons. The predicted molar refractivity (Wildman–Crippen MR) is 121 cm³/mol. The highest BCUT2D eigenvalue weighted by Crippen LogP contribution is 2.25. The average molecular weight is 426 g/mol. The molecule has 5 aromatic rings. The highest BCUT2D eigenvalue weighted by molar-refractivity contribution is 5.79. The van der Waals surface area contributed by atoms with E-state index < -0.39 is 5.82 Å². The standard InChI is InChI=1S/C25H19FN4O2/c1-16-6-8-20(9-7-16)30-24-22(15-27-30)25(31)29(19-10-12-21(32-2)13-11-19)23(28-24)17-4-3-5-18(26)14-17/h3-15H,1-2H3. The number of hydrogen-bond acceptors (Lipinski definition) is 4. The number of methoxy groups -OCH3 is 1. The molecule has 0 saturated carbocycles. The molecule has 0 unspecified atom stereocenters. The number of ether oxygens (including phenoxy) is 1. The first-order valence-electron chi connectivity index (χ1n) is 10.0. The van der Waals surface area contributed by atoms with Crippen LogP contribution in [0.4, 0.5) is 4.39 Å². The molecule has 0 aliphatic heterocycles. The van der Waals surface area contributed by atoms with Gasteiger partial charge in [-0.05, 0) is 55.5 Å². The zero-order chi connectivity index (χ0) is 22.2. The van der Waals surface area contributed by atoms with E-state index in [0.717, 1.165) is 11.3 Å². The fourth-order valence-electron chi connectivity index (χ4n) is 3.63. The van der Waals surface area contributed by atoms with Gasteiger partial charge in [0.2, 0.25) is 0 Å². The minimum absolute atomic E-state index is 0.294. The van der Waals surface area contributed by atoms with Crippen molar-refractivity contribution in [3.05, 3.63) is 101 Å². The molecular formula is C25H19FN4O2. The van der Waals surface area contributed by atoms with Crippen LogP contribution in [0.25, 0.3) is 33.8 Å². The van der Waals surface area contributed by atoms with Gasteiger partial charge in [0.1, 0.15) is 22.8 Å². The molecule has 0 saturated heterocycles. The van der Waals surface area contributed by atoms with E-state index in [4.69, 9.17) is 9.72 Å². The maximum absolute atomic E-state index is 14.1. The summed E-state index contributed by atoms with van der Waals surface area (Å²) in [6, 6.07) is 20.9. The molecule has 32 heavy (non-hydrogen) atoms. The van der Waals surface area contributed by atoms with Crippen molar-refractivity contribution in [3.63, 3.8) is 0 Å². The Morgan fingerprint density at radius 3 is 2.34 bits per heavy atom. The summed E-state index contributed by atoms with van der Waals surface area (Å²) in [7, 11) is 1.58. The van der Waals surface area contributed by atoms with E-state index in [0.29, 0.717) is 33.9 Å². The summed E-state index contributed by atoms with van der Waals surface area (Å²) in [6.45, 7) is 2.00. The fraction of sp³-hybridized carbons (Fsp3) is 0.0800. The van der Waals surface area contributed by atoms with Gasteiger partial charge in [-0.2, -0.15) is 5.10 Å². The topological polar surface area (TPSA) is 61.9 Å². The van der Waals surface area contributed by atoms with E-state index in [1.165, 1.54) is 22.9 Å². The first-order valence-corrected chi connectivity index (χ1v) is 10.0. The molecule has 6 nitrogen and oxygen atoms in total. The molecular weight excluding hydrogens is 407 g/mol. The van der Waals surface area contributed by atoms with E-state index in [1.807, 2.05) is 31.2 Å². The largest absolute Gasteiger partial charge is 0.497 e. The second-order valence-corrected chi connectivity index (χ2v) is 7.41. The van der Waals surface area contributed by atoms with Crippen LogP contribution in [0.1, 0.15) is 5.56 Å². The first kappa shape index (κ1) is 19.7. The van der Waals surface area contributed by atoms with Crippen molar-refractivity contribution in [2.75, 3.05) is 7.11 Å². The summed E-state index contributed by atoms with van der Waals surface area (Å²) in [6.07, 6.45) is 1.51. The Labute approximate surface area is 183 Å². The van der Waals surface area contributed by atoms with Crippen molar-refractivity contribution in [1.29, 1.82) is 0 Å². The molecule has 0 amide bonds. The second kappa shape index (κ2) is 7.77. The van der Waals surface area contributed by atoms with Crippen LogP contribution in [0, 0.1) is 12.7 Å². The molecule has 0 spiro atoms. The summed E-state index contributed by atoms with van der Waals surface area (Å²) in [5.41, 5.74) is 3.08. The molecule has 0 atom stereocenters. The normalized spacial score (nSPS) is 11.1. The third kappa shape index (κ3) is 3.33. The molecule has 3 aromatic carbocycles. The van der Waals surface area contributed by atoms with E-state index in [9.17, 15) is 9.18 Å². The van der Waals surface area contributed by atoms with Gasteiger partial charge in [-0.3, -0.25) is 9.36 Å². The molecule has 0 fully saturated rings. The molecule has 7 heteroatoms. The number of aromatic nitrogens is 4. The number of halogens is 1.